The Kier molecular flexibility index (Phi) is 2.63. The first kappa shape index (κ1) is 13.2. The van der Waals surface area contributed by atoms with Gasteiger partial charge in [0.25, 0.3) is 0 Å². The standard InChI is InChI=1S/C20H26N2/c1-3-16-14-8-10-22-11-9-20(19(16)22)13-15-6-4-5-7-17(15)21(2)18(20)12-14/h3-7,14,18-19H,8-13H2,1-2H3/b16-3+/t14-,18-,19-,20+/m1/s1. The van der Waals surface area contributed by atoms with Crippen molar-refractivity contribution in [3.8, 4) is 0 Å². The van der Waals surface area contributed by atoms with Gasteiger partial charge in [-0.25, -0.2) is 0 Å². The minimum absolute atomic E-state index is 0.460. The number of piperidine rings is 1. The quantitative estimate of drug-likeness (QED) is 0.676. The molecule has 0 radical (unpaired) electrons. The highest BCUT2D eigenvalue weighted by Gasteiger charge is 2.61. The van der Waals surface area contributed by atoms with Crippen molar-refractivity contribution < 1.29 is 0 Å². The van der Waals surface area contributed by atoms with E-state index in [9.17, 15) is 0 Å². The van der Waals surface area contributed by atoms with E-state index in [1.54, 1.807) is 11.1 Å². The first-order valence-corrected chi connectivity index (χ1v) is 8.95. The topological polar surface area (TPSA) is 6.48 Å². The summed E-state index contributed by atoms with van der Waals surface area (Å²) in [5, 5.41) is 0. The summed E-state index contributed by atoms with van der Waals surface area (Å²) in [7, 11) is 2.35. The normalized spacial score (nSPS) is 41.5. The van der Waals surface area contributed by atoms with Gasteiger partial charge in [0.15, 0.2) is 0 Å². The lowest BCUT2D eigenvalue weighted by Crippen LogP contribution is -2.63. The molecule has 0 aromatic heterocycles. The molecule has 2 saturated heterocycles. The molecule has 1 saturated carbocycles. The summed E-state index contributed by atoms with van der Waals surface area (Å²) in [6.07, 6.45) is 7.87. The summed E-state index contributed by atoms with van der Waals surface area (Å²) in [6, 6.07) is 10.6. The van der Waals surface area contributed by atoms with Crippen LogP contribution in [0, 0.1) is 11.3 Å². The van der Waals surface area contributed by atoms with Crippen molar-refractivity contribution in [2.45, 2.75) is 44.7 Å². The molecule has 3 heterocycles. The van der Waals surface area contributed by atoms with Crippen molar-refractivity contribution in [3.05, 3.63) is 41.5 Å². The molecule has 0 amide bonds. The second-order valence-electron chi connectivity index (χ2n) is 7.86. The number of hydrogen-bond acceptors (Lipinski definition) is 2. The molecule has 1 spiro atoms. The molecule has 0 N–H and O–H groups in total. The molecule has 4 atom stereocenters. The van der Waals surface area contributed by atoms with Gasteiger partial charge in [-0.05, 0) is 63.2 Å². The smallest absolute Gasteiger partial charge is 0.0399 e. The zero-order valence-electron chi connectivity index (χ0n) is 13.8. The third kappa shape index (κ3) is 1.45. The number of allylic oxidation sites excluding steroid dienone is 1. The maximum absolute atomic E-state index is 2.81. The van der Waals surface area contributed by atoms with Crippen LogP contribution < -0.4 is 4.90 Å². The van der Waals surface area contributed by atoms with Crippen LogP contribution >= 0.6 is 0 Å². The predicted molar refractivity (Wildman–Crippen MR) is 91.2 cm³/mol. The molecule has 4 aliphatic rings. The Hall–Kier alpha value is -1.28. The van der Waals surface area contributed by atoms with Gasteiger partial charge in [-0.2, -0.15) is 0 Å². The van der Waals surface area contributed by atoms with Crippen LogP contribution in [-0.2, 0) is 6.42 Å². The van der Waals surface area contributed by atoms with Crippen molar-refractivity contribution >= 4 is 5.69 Å². The van der Waals surface area contributed by atoms with Gasteiger partial charge in [0.2, 0.25) is 0 Å². The zero-order chi connectivity index (χ0) is 14.9. The van der Waals surface area contributed by atoms with E-state index in [4.69, 9.17) is 0 Å². The summed E-state index contributed by atoms with van der Waals surface area (Å²) in [4.78, 5) is 5.44. The Morgan fingerprint density at radius 3 is 2.95 bits per heavy atom. The van der Waals surface area contributed by atoms with Gasteiger partial charge < -0.3 is 4.90 Å². The molecule has 22 heavy (non-hydrogen) atoms. The average molecular weight is 294 g/mol. The summed E-state index contributed by atoms with van der Waals surface area (Å²) >= 11 is 0. The van der Waals surface area contributed by atoms with Crippen LogP contribution in [-0.4, -0.2) is 37.1 Å². The van der Waals surface area contributed by atoms with Gasteiger partial charge in [0.1, 0.15) is 0 Å². The molecule has 2 nitrogen and oxygen atoms in total. The van der Waals surface area contributed by atoms with E-state index in [2.05, 4.69) is 54.1 Å². The van der Waals surface area contributed by atoms with E-state index in [1.165, 1.54) is 44.5 Å². The molecule has 2 heteroatoms. The molecule has 2 bridgehead atoms. The van der Waals surface area contributed by atoms with Crippen LogP contribution in [0.1, 0.15) is 31.7 Å². The number of fused-ring (bicyclic) bond motifs is 2. The first-order valence-electron chi connectivity index (χ1n) is 8.95. The van der Waals surface area contributed by atoms with Crippen LogP contribution in [0.3, 0.4) is 0 Å². The van der Waals surface area contributed by atoms with E-state index in [0.717, 1.165) is 12.0 Å². The molecule has 116 valence electrons. The second kappa shape index (κ2) is 4.38. The van der Waals surface area contributed by atoms with Crippen LogP contribution in [0.15, 0.2) is 35.9 Å². The van der Waals surface area contributed by atoms with Crippen LogP contribution in [0.5, 0.6) is 0 Å². The lowest BCUT2D eigenvalue weighted by Gasteiger charge is -2.59. The SMILES string of the molecule is C/C=C1\[C@@H]2CCN3CC[C@@]4(Cc5ccccc5N(C)[C@@H]4C2)[C@@H]13. The Bertz CT molecular complexity index is 649. The highest BCUT2D eigenvalue weighted by Crippen LogP contribution is 2.59. The second-order valence-corrected chi connectivity index (χ2v) is 7.86. The monoisotopic (exact) mass is 294 g/mol. The van der Waals surface area contributed by atoms with Crippen molar-refractivity contribution in [3.63, 3.8) is 0 Å². The number of benzene rings is 1. The lowest BCUT2D eigenvalue weighted by atomic mass is 9.56. The van der Waals surface area contributed by atoms with Crippen LogP contribution in [0.4, 0.5) is 5.69 Å². The number of rotatable bonds is 0. The zero-order valence-corrected chi connectivity index (χ0v) is 13.8. The molecule has 3 fully saturated rings. The summed E-state index contributed by atoms with van der Waals surface area (Å²) in [6.45, 7) is 4.91. The van der Waals surface area contributed by atoms with Gasteiger partial charge in [-0.3, -0.25) is 4.90 Å². The Morgan fingerprint density at radius 2 is 2.09 bits per heavy atom. The van der Waals surface area contributed by atoms with Crippen molar-refractivity contribution in [1.29, 1.82) is 0 Å². The molecule has 1 aromatic carbocycles. The Balaban J connectivity index is 1.69. The molecule has 1 aromatic rings. The van der Waals surface area contributed by atoms with Crippen molar-refractivity contribution in [2.24, 2.45) is 11.3 Å². The van der Waals surface area contributed by atoms with E-state index < -0.39 is 0 Å². The fraction of sp³-hybridized carbons (Fsp3) is 0.600. The molecule has 3 aliphatic heterocycles. The molecular weight excluding hydrogens is 268 g/mol. The fourth-order valence-electron chi connectivity index (χ4n) is 6.35. The molecular formula is C20H26N2. The van der Waals surface area contributed by atoms with E-state index in [-0.39, 0.29) is 0 Å². The van der Waals surface area contributed by atoms with Gasteiger partial charge >= 0.3 is 0 Å². The minimum atomic E-state index is 0.460. The van der Waals surface area contributed by atoms with E-state index >= 15 is 0 Å². The van der Waals surface area contributed by atoms with Crippen molar-refractivity contribution in [1.82, 2.24) is 4.90 Å². The third-order valence-corrected chi connectivity index (χ3v) is 7.19. The fourth-order valence-corrected chi connectivity index (χ4v) is 6.35. The van der Waals surface area contributed by atoms with Gasteiger partial charge in [0.05, 0.1) is 0 Å². The molecule has 0 unspecified atom stereocenters. The summed E-state index contributed by atoms with van der Waals surface area (Å²) < 4.78 is 0. The number of anilines is 1. The van der Waals surface area contributed by atoms with Crippen LogP contribution in [0.25, 0.3) is 0 Å². The highest BCUT2D eigenvalue weighted by molar-refractivity contribution is 5.59. The van der Waals surface area contributed by atoms with Crippen molar-refractivity contribution in [2.75, 3.05) is 25.0 Å². The average Bonchev–Trinajstić information content (AvgIpc) is 2.94. The number of hydrogen-bond donors (Lipinski definition) is 0. The largest absolute Gasteiger partial charge is 0.371 e. The Labute approximate surface area is 133 Å². The summed E-state index contributed by atoms with van der Waals surface area (Å²) in [5.41, 5.74) is 5.29. The molecule has 1 aliphatic carbocycles. The van der Waals surface area contributed by atoms with Gasteiger partial charge in [0, 0.05) is 30.2 Å². The maximum atomic E-state index is 2.81. The van der Waals surface area contributed by atoms with E-state index in [1.807, 2.05) is 0 Å². The van der Waals surface area contributed by atoms with Crippen LogP contribution in [0.2, 0.25) is 0 Å². The van der Waals surface area contributed by atoms with Gasteiger partial charge in [-0.1, -0.05) is 29.8 Å². The van der Waals surface area contributed by atoms with Gasteiger partial charge in [-0.15, -0.1) is 0 Å². The molecule has 5 rings (SSSR count). The maximum Gasteiger partial charge on any atom is 0.0399 e. The predicted octanol–water partition coefficient (Wildman–Crippen LogP) is 3.48. The minimum Gasteiger partial charge on any atom is -0.371 e. The highest BCUT2D eigenvalue weighted by atomic mass is 15.3. The third-order valence-electron chi connectivity index (χ3n) is 7.19. The van der Waals surface area contributed by atoms with E-state index in [0.29, 0.717) is 11.5 Å². The summed E-state index contributed by atoms with van der Waals surface area (Å²) in [5.74, 6) is 0.829. The lowest BCUT2D eigenvalue weighted by molar-refractivity contribution is 0.0564. The first-order chi connectivity index (χ1) is 10.7. The number of nitrogens with zero attached hydrogens (tertiary/aromatic N) is 2. The number of para-hydroxylation sites is 1. The Morgan fingerprint density at radius 1 is 1.23 bits per heavy atom.